The number of benzene rings is 1. The highest BCUT2D eigenvalue weighted by Gasteiger charge is 2.04. The van der Waals surface area contributed by atoms with Gasteiger partial charge in [0.1, 0.15) is 0 Å². The normalized spacial score (nSPS) is 10.7. The standard InChI is InChI=1S/C14H15N.C2H6/c1-4-6-12(5-2)14-8-7-11(3)9-13(14)10-15;1-2/h4-9H,1-3H3;1-2H3/b6-4-,12-5+;. The van der Waals surface area contributed by atoms with E-state index in [4.69, 9.17) is 5.26 Å². The summed E-state index contributed by atoms with van der Waals surface area (Å²) >= 11 is 0. The fraction of sp³-hybridized carbons (Fsp3) is 0.312. The van der Waals surface area contributed by atoms with Gasteiger partial charge in [-0.1, -0.05) is 44.2 Å². The van der Waals surface area contributed by atoms with E-state index < -0.39 is 0 Å². The molecule has 0 saturated heterocycles. The minimum Gasteiger partial charge on any atom is -0.192 e. The Balaban J connectivity index is 0.00000121. The van der Waals surface area contributed by atoms with Gasteiger partial charge in [-0.2, -0.15) is 5.26 Å². The van der Waals surface area contributed by atoms with E-state index in [1.165, 1.54) is 0 Å². The van der Waals surface area contributed by atoms with Crippen molar-refractivity contribution in [3.8, 4) is 6.07 Å². The van der Waals surface area contributed by atoms with Gasteiger partial charge in [0.05, 0.1) is 11.6 Å². The second-order valence-corrected chi connectivity index (χ2v) is 3.40. The highest BCUT2D eigenvalue weighted by atomic mass is 14.2. The molecule has 0 aliphatic rings. The van der Waals surface area contributed by atoms with Crippen LogP contribution in [0.4, 0.5) is 0 Å². The van der Waals surface area contributed by atoms with Gasteiger partial charge in [0, 0.05) is 0 Å². The molecule has 0 aromatic heterocycles. The number of nitrogens with zero attached hydrogens (tertiary/aromatic N) is 1. The average molecular weight is 227 g/mol. The highest BCUT2D eigenvalue weighted by Crippen LogP contribution is 2.21. The van der Waals surface area contributed by atoms with Gasteiger partial charge in [0.15, 0.2) is 0 Å². The summed E-state index contributed by atoms with van der Waals surface area (Å²) in [5.74, 6) is 0. The third-order valence-electron chi connectivity index (χ3n) is 2.26. The van der Waals surface area contributed by atoms with E-state index in [2.05, 4.69) is 6.07 Å². The second-order valence-electron chi connectivity index (χ2n) is 3.40. The molecule has 0 N–H and O–H groups in total. The number of nitriles is 1. The van der Waals surface area contributed by atoms with Gasteiger partial charge in [0.2, 0.25) is 0 Å². The van der Waals surface area contributed by atoms with Crippen molar-refractivity contribution in [1.82, 2.24) is 0 Å². The lowest BCUT2D eigenvalue weighted by atomic mass is 9.98. The third kappa shape index (κ3) is 4.28. The maximum Gasteiger partial charge on any atom is 0.0998 e. The Hall–Kier alpha value is -1.81. The fourth-order valence-electron chi connectivity index (χ4n) is 1.52. The van der Waals surface area contributed by atoms with Gasteiger partial charge in [-0.15, -0.1) is 0 Å². The molecule has 0 heterocycles. The van der Waals surface area contributed by atoms with Crippen molar-refractivity contribution in [3.05, 3.63) is 53.1 Å². The molecule has 0 aliphatic carbocycles. The second kappa shape index (κ2) is 8.35. The first-order chi connectivity index (χ1) is 8.22. The van der Waals surface area contributed by atoms with E-state index in [1.54, 1.807) is 0 Å². The molecular weight excluding hydrogens is 206 g/mol. The summed E-state index contributed by atoms with van der Waals surface area (Å²) in [5, 5.41) is 9.05. The van der Waals surface area contributed by atoms with E-state index in [1.807, 2.05) is 71.0 Å². The molecule has 90 valence electrons. The predicted molar refractivity (Wildman–Crippen MR) is 75.7 cm³/mol. The Kier molecular flexibility index (Phi) is 7.46. The molecule has 1 heteroatoms. The first kappa shape index (κ1) is 15.2. The maximum atomic E-state index is 9.05. The molecule has 0 spiro atoms. The van der Waals surface area contributed by atoms with E-state index >= 15 is 0 Å². The van der Waals surface area contributed by atoms with Crippen molar-refractivity contribution in [1.29, 1.82) is 5.26 Å². The van der Waals surface area contributed by atoms with Gasteiger partial charge < -0.3 is 0 Å². The van der Waals surface area contributed by atoms with Crippen molar-refractivity contribution in [2.75, 3.05) is 0 Å². The van der Waals surface area contributed by atoms with Crippen LogP contribution in [-0.4, -0.2) is 0 Å². The molecule has 17 heavy (non-hydrogen) atoms. The zero-order valence-electron chi connectivity index (χ0n) is 11.4. The van der Waals surface area contributed by atoms with Crippen molar-refractivity contribution < 1.29 is 0 Å². The predicted octanol–water partition coefficient (Wildman–Crippen LogP) is 4.87. The maximum absolute atomic E-state index is 9.05. The molecular formula is C16H21N. The number of rotatable bonds is 2. The van der Waals surface area contributed by atoms with Gasteiger partial charge in [-0.05, 0) is 43.5 Å². The number of hydrogen-bond donors (Lipinski definition) is 0. The Bertz CT molecular complexity index is 445. The monoisotopic (exact) mass is 227 g/mol. The number of aryl methyl sites for hydroxylation is 1. The van der Waals surface area contributed by atoms with Gasteiger partial charge in [0.25, 0.3) is 0 Å². The Morgan fingerprint density at radius 1 is 1.24 bits per heavy atom. The van der Waals surface area contributed by atoms with E-state index in [0.29, 0.717) is 0 Å². The van der Waals surface area contributed by atoms with Crippen molar-refractivity contribution in [2.24, 2.45) is 0 Å². The molecule has 0 saturated carbocycles. The molecule has 1 aromatic rings. The van der Waals surface area contributed by atoms with Crippen LogP contribution in [0.2, 0.25) is 0 Å². The molecule has 1 nitrogen and oxygen atoms in total. The van der Waals surface area contributed by atoms with Crippen molar-refractivity contribution in [2.45, 2.75) is 34.6 Å². The Labute approximate surface area is 105 Å². The average Bonchev–Trinajstić information content (AvgIpc) is 2.38. The summed E-state index contributed by atoms with van der Waals surface area (Å²) in [7, 11) is 0. The summed E-state index contributed by atoms with van der Waals surface area (Å²) in [4.78, 5) is 0. The summed E-state index contributed by atoms with van der Waals surface area (Å²) in [5.41, 5.74) is 3.95. The molecule has 1 rings (SSSR count). The molecule has 0 radical (unpaired) electrons. The fourth-order valence-corrected chi connectivity index (χ4v) is 1.52. The molecule has 0 aliphatic heterocycles. The summed E-state index contributed by atoms with van der Waals surface area (Å²) in [6.45, 7) is 9.95. The summed E-state index contributed by atoms with van der Waals surface area (Å²) in [6, 6.07) is 8.19. The minimum atomic E-state index is 0.737. The van der Waals surface area contributed by atoms with Crippen LogP contribution in [0.15, 0.2) is 36.4 Å². The lowest BCUT2D eigenvalue weighted by Gasteiger charge is -2.05. The van der Waals surface area contributed by atoms with Crippen molar-refractivity contribution >= 4 is 5.57 Å². The molecule has 0 amide bonds. The van der Waals surface area contributed by atoms with E-state index in [9.17, 15) is 0 Å². The number of hydrogen-bond acceptors (Lipinski definition) is 1. The van der Waals surface area contributed by atoms with Gasteiger partial charge >= 0.3 is 0 Å². The smallest absolute Gasteiger partial charge is 0.0998 e. The van der Waals surface area contributed by atoms with Gasteiger partial charge in [-0.25, -0.2) is 0 Å². The molecule has 1 aromatic carbocycles. The first-order valence-electron chi connectivity index (χ1n) is 6.03. The topological polar surface area (TPSA) is 23.8 Å². The number of allylic oxidation sites excluding steroid dienone is 4. The molecule has 0 bridgehead atoms. The van der Waals surface area contributed by atoms with Crippen LogP contribution in [0, 0.1) is 18.3 Å². The molecule has 0 unspecified atom stereocenters. The van der Waals surface area contributed by atoms with Crippen LogP contribution in [0.5, 0.6) is 0 Å². The third-order valence-corrected chi connectivity index (χ3v) is 2.26. The SMILES string of the molecule is C/C=C\C(=C/C)c1ccc(C)cc1C#N.CC. The van der Waals surface area contributed by atoms with Crippen LogP contribution in [0.1, 0.15) is 44.4 Å². The molecule has 0 fully saturated rings. The minimum absolute atomic E-state index is 0.737. The van der Waals surface area contributed by atoms with E-state index in [0.717, 1.165) is 22.3 Å². The van der Waals surface area contributed by atoms with Crippen molar-refractivity contribution in [3.63, 3.8) is 0 Å². The Morgan fingerprint density at radius 2 is 1.88 bits per heavy atom. The van der Waals surface area contributed by atoms with Crippen LogP contribution >= 0.6 is 0 Å². The lowest BCUT2D eigenvalue weighted by Crippen LogP contribution is -1.88. The summed E-state index contributed by atoms with van der Waals surface area (Å²) < 4.78 is 0. The first-order valence-corrected chi connectivity index (χ1v) is 6.03. The Morgan fingerprint density at radius 3 is 2.35 bits per heavy atom. The lowest BCUT2D eigenvalue weighted by molar-refractivity contribution is 1.40. The largest absolute Gasteiger partial charge is 0.192 e. The zero-order chi connectivity index (χ0) is 13.3. The zero-order valence-corrected chi connectivity index (χ0v) is 11.4. The highest BCUT2D eigenvalue weighted by molar-refractivity contribution is 5.77. The summed E-state index contributed by atoms with van der Waals surface area (Å²) in [6.07, 6.45) is 6.02. The van der Waals surface area contributed by atoms with E-state index in [-0.39, 0.29) is 0 Å². The quantitative estimate of drug-likeness (QED) is 0.661. The van der Waals surface area contributed by atoms with Crippen LogP contribution < -0.4 is 0 Å². The molecule has 0 atom stereocenters. The van der Waals surface area contributed by atoms with Crippen LogP contribution in [-0.2, 0) is 0 Å². The van der Waals surface area contributed by atoms with Crippen LogP contribution in [0.3, 0.4) is 0 Å². The van der Waals surface area contributed by atoms with Gasteiger partial charge in [-0.3, -0.25) is 0 Å². The van der Waals surface area contributed by atoms with Crippen LogP contribution in [0.25, 0.3) is 5.57 Å².